The Morgan fingerprint density at radius 1 is 0.889 bits per heavy atom. The number of carbonyl (C=O) groups excluding carboxylic acids is 2. The van der Waals surface area contributed by atoms with Gasteiger partial charge in [-0.25, -0.2) is 0 Å². The van der Waals surface area contributed by atoms with Crippen molar-refractivity contribution in [2.75, 3.05) is 0 Å². The predicted octanol–water partition coefficient (Wildman–Crippen LogP) is 6.28. The van der Waals surface area contributed by atoms with Gasteiger partial charge in [0.25, 0.3) is 0 Å². The normalized spacial score (nSPS) is 14.7. The fourth-order valence-electron chi connectivity index (χ4n) is 5.03. The lowest BCUT2D eigenvalue weighted by Gasteiger charge is -2.33. The molecule has 0 aliphatic heterocycles. The van der Waals surface area contributed by atoms with E-state index in [4.69, 9.17) is 11.6 Å². The highest BCUT2D eigenvalue weighted by molar-refractivity contribution is 6.30. The molecule has 1 saturated carbocycles. The summed E-state index contributed by atoms with van der Waals surface area (Å²) in [6.45, 7) is 2.41. The first-order chi connectivity index (χ1) is 17.5. The second-order valence-corrected chi connectivity index (χ2v) is 10.3. The van der Waals surface area contributed by atoms with Crippen molar-refractivity contribution in [2.45, 2.75) is 70.5 Å². The van der Waals surface area contributed by atoms with Crippen molar-refractivity contribution in [1.29, 1.82) is 0 Å². The molecule has 0 bridgehead atoms. The van der Waals surface area contributed by atoms with Crippen LogP contribution in [0, 0.1) is 6.92 Å². The van der Waals surface area contributed by atoms with Crippen molar-refractivity contribution < 1.29 is 9.59 Å². The van der Waals surface area contributed by atoms with Gasteiger partial charge in [0.15, 0.2) is 0 Å². The van der Waals surface area contributed by atoms with E-state index in [1.54, 1.807) is 11.0 Å². The molecule has 1 N–H and O–H groups in total. The van der Waals surface area contributed by atoms with Gasteiger partial charge in [0.05, 0.1) is 6.42 Å². The van der Waals surface area contributed by atoms with Crippen LogP contribution >= 0.6 is 11.6 Å². The second-order valence-electron chi connectivity index (χ2n) is 9.87. The third-order valence-corrected chi connectivity index (χ3v) is 7.14. The summed E-state index contributed by atoms with van der Waals surface area (Å²) in [7, 11) is 0. The van der Waals surface area contributed by atoms with E-state index < -0.39 is 6.04 Å². The molecular formula is C31H35ClN2O2. The highest BCUT2D eigenvalue weighted by Gasteiger charge is 2.32. The van der Waals surface area contributed by atoms with Gasteiger partial charge in [0.1, 0.15) is 6.04 Å². The summed E-state index contributed by atoms with van der Waals surface area (Å²) in [5.41, 5.74) is 4.01. The summed E-state index contributed by atoms with van der Waals surface area (Å²) in [5, 5.41) is 3.89. The van der Waals surface area contributed by atoms with Crippen LogP contribution in [0.4, 0.5) is 0 Å². The summed E-state index contributed by atoms with van der Waals surface area (Å²) in [6, 6.07) is 25.0. The Balaban J connectivity index is 1.65. The molecule has 0 heterocycles. The van der Waals surface area contributed by atoms with Gasteiger partial charge < -0.3 is 10.2 Å². The first-order valence-corrected chi connectivity index (χ1v) is 13.3. The number of aryl methyl sites for hydroxylation is 1. The molecule has 2 amide bonds. The van der Waals surface area contributed by atoms with Crippen LogP contribution in [0.3, 0.4) is 0 Å². The van der Waals surface area contributed by atoms with E-state index in [-0.39, 0.29) is 24.3 Å². The molecule has 1 unspecified atom stereocenters. The van der Waals surface area contributed by atoms with E-state index in [2.05, 4.69) is 11.4 Å². The van der Waals surface area contributed by atoms with E-state index in [9.17, 15) is 9.59 Å². The van der Waals surface area contributed by atoms with Crippen molar-refractivity contribution in [1.82, 2.24) is 10.2 Å². The number of nitrogens with one attached hydrogen (secondary N) is 1. The van der Waals surface area contributed by atoms with Gasteiger partial charge in [-0.2, -0.15) is 0 Å². The van der Waals surface area contributed by atoms with Crippen molar-refractivity contribution in [3.8, 4) is 0 Å². The Hall–Kier alpha value is -3.11. The van der Waals surface area contributed by atoms with Crippen LogP contribution in [0.15, 0.2) is 78.9 Å². The zero-order valence-corrected chi connectivity index (χ0v) is 21.7. The van der Waals surface area contributed by atoms with Gasteiger partial charge in [-0.3, -0.25) is 9.59 Å². The van der Waals surface area contributed by atoms with Crippen molar-refractivity contribution in [2.24, 2.45) is 0 Å². The number of carbonyl (C=O) groups is 2. The van der Waals surface area contributed by atoms with Crippen LogP contribution in [0.1, 0.15) is 54.4 Å². The van der Waals surface area contributed by atoms with Crippen molar-refractivity contribution in [3.63, 3.8) is 0 Å². The molecule has 0 saturated heterocycles. The maximum Gasteiger partial charge on any atom is 0.243 e. The molecule has 36 heavy (non-hydrogen) atoms. The van der Waals surface area contributed by atoms with Gasteiger partial charge in [-0.05, 0) is 48.6 Å². The van der Waals surface area contributed by atoms with Crippen LogP contribution in [0.2, 0.25) is 5.02 Å². The number of nitrogens with zero attached hydrogens (tertiary/aromatic N) is 1. The molecule has 0 aromatic heterocycles. The highest BCUT2D eigenvalue weighted by Crippen LogP contribution is 2.21. The lowest BCUT2D eigenvalue weighted by molar-refractivity contribution is -0.141. The lowest BCUT2D eigenvalue weighted by Crippen LogP contribution is -2.53. The first kappa shape index (κ1) is 26.0. The molecule has 4 nitrogen and oxygen atoms in total. The number of hydrogen-bond acceptors (Lipinski definition) is 2. The molecule has 3 aromatic rings. The molecule has 5 heteroatoms. The average Bonchev–Trinajstić information content (AvgIpc) is 2.87. The predicted molar refractivity (Wildman–Crippen MR) is 146 cm³/mol. The van der Waals surface area contributed by atoms with Gasteiger partial charge in [-0.1, -0.05) is 103 Å². The zero-order valence-electron chi connectivity index (χ0n) is 21.0. The highest BCUT2D eigenvalue weighted by atomic mass is 35.5. The quantitative estimate of drug-likeness (QED) is 0.374. The van der Waals surface area contributed by atoms with Gasteiger partial charge >= 0.3 is 0 Å². The Kier molecular flexibility index (Phi) is 9.18. The first-order valence-electron chi connectivity index (χ1n) is 12.9. The van der Waals surface area contributed by atoms with Crippen LogP contribution in [-0.4, -0.2) is 28.8 Å². The van der Waals surface area contributed by atoms with Gasteiger partial charge in [0, 0.05) is 24.0 Å². The van der Waals surface area contributed by atoms with E-state index >= 15 is 0 Å². The largest absolute Gasteiger partial charge is 0.352 e. The molecule has 1 aliphatic carbocycles. The van der Waals surface area contributed by atoms with Gasteiger partial charge in [0.2, 0.25) is 11.8 Å². The molecule has 3 aromatic carbocycles. The summed E-state index contributed by atoms with van der Waals surface area (Å²) >= 11 is 6.19. The third kappa shape index (κ3) is 7.44. The third-order valence-electron chi connectivity index (χ3n) is 6.90. The zero-order chi connectivity index (χ0) is 25.3. The summed E-state index contributed by atoms with van der Waals surface area (Å²) in [6.07, 6.45) is 6.14. The Bertz CT molecular complexity index is 1160. The summed E-state index contributed by atoms with van der Waals surface area (Å²) in [4.78, 5) is 29.4. The van der Waals surface area contributed by atoms with E-state index in [0.29, 0.717) is 18.0 Å². The molecule has 188 valence electrons. The van der Waals surface area contributed by atoms with Crippen molar-refractivity contribution >= 4 is 23.4 Å². The number of hydrogen-bond donors (Lipinski definition) is 1. The van der Waals surface area contributed by atoms with Crippen LogP contribution in [0.25, 0.3) is 0 Å². The average molecular weight is 503 g/mol. The van der Waals surface area contributed by atoms with E-state index in [0.717, 1.165) is 47.9 Å². The number of benzene rings is 3. The molecule has 1 aliphatic rings. The second kappa shape index (κ2) is 12.7. The molecule has 1 fully saturated rings. The molecular weight excluding hydrogens is 468 g/mol. The monoisotopic (exact) mass is 502 g/mol. The molecule has 0 spiro atoms. The minimum absolute atomic E-state index is 0.0714. The minimum atomic E-state index is -0.610. The van der Waals surface area contributed by atoms with Gasteiger partial charge in [-0.15, -0.1) is 0 Å². The summed E-state index contributed by atoms with van der Waals surface area (Å²) in [5.74, 6) is -0.156. The maximum absolute atomic E-state index is 13.8. The fraction of sp³-hybridized carbons (Fsp3) is 0.355. The van der Waals surface area contributed by atoms with Crippen LogP contribution in [0.5, 0.6) is 0 Å². The minimum Gasteiger partial charge on any atom is -0.352 e. The van der Waals surface area contributed by atoms with Crippen molar-refractivity contribution in [3.05, 3.63) is 106 Å². The fourth-order valence-corrected chi connectivity index (χ4v) is 5.24. The maximum atomic E-state index is 13.8. The van der Waals surface area contributed by atoms with Crippen LogP contribution < -0.4 is 5.32 Å². The standard InChI is InChI=1S/C31H35ClN2O2/c1-23-10-8-14-26(18-23)22-34(30(35)21-25-13-9-15-27(32)19-25)29(20-24-11-4-2-5-12-24)31(36)33-28-16-6-3-7-17-28/h2,4-5,8-15,18-19,28-29H,3,6-7,16-17,20-22H2,1H3,(H,33,36). The topological polar surface area (TPSA) is 49.4 Å². The molecule has 4 rings (SSSR count). The number of amides is 2. The lowest BCUT2D eigenvalue weighted by atomic mass is 9.94. The Morgan fingerprint density at radius 3 is 2.31 bits per heavy atom. The Morgan fingerprint density at radius 2 is 1.58 bits per heavy atom. The molecule has 0 radical (unpaired) electrons. The molecule has 1 atom stereocenters. The summed E-state index contributed by atoms with van der Waals surface area (Å²) < 4.78 is 0. The smallest absolute Gasteiger partial charge is 0.243 e. The van der Waals surface area contributed by atoms with Crippen LogP contribution in [-0.2, 0) is 29.0 Å². The van der Waals surface area contributed by atoms with E-state index in [1.165, 1.54) is 6.42 Å². The SMILES string of the molecule is Cc1cccc(CN(C(=O)Cc2cccc(Cl)c2)C(Cc2ccccc2)C(=O)NC2CCCCC2)c1. The number of rotatable bonds is 9. The van der Waals surface area contributed by atoms with E-state index in [1.807, 2.05) is 73.7 Å². The Labute approximate surface area is 219 Å². The number of halogens is 1.